The van der Waals surface area contributed by atoms with E-state index in [-0.39, 0.29) is 24.3 Å². The summed E-state index contributed by atoms with van der Waals surface area (Å²) in [4.78, 5) is 24.8. The van der Waals surface area contributed by atoms with Crippen molar-refractivity contribution in [3.8, 4) is 0 Å². The molecule has 0 aliphatic carbocycles. The molecule has 104 valence electrons. The van der Waals surface area contributed by atoms with Crippen molar-refractivity contribution >= 4 is 22.7 Å². The van der Waals surface area contributed by atoms with E-state index < -0.39 is 22.7 Å². The molecule has 1 fully saturated rings. The number of nitrogens with zero attached hydrogens (tertiary/aromatic N) is 1. The molecule has 4 atom stereocenters. The van der Waals surface area contributed by atoms with Crippen LogP contribution in [0.15, 0.2) is 0 Å². The number of carboxylic acids is 1. The van der Waals surface area contributed by atoms with Crippen molar-refractivity contribution in [3.63, 3.8) is 0 Å². The molecule has 0 radical (unpaired) electrons. The van der Waals surface area contributed by atoms with Crippen LogP contribution in [0.4, 0.5) is 0 Å². The van der Waals surface area contributed by atoms with Gasteiger partial charge in [-0.05, 0) is 19.3 Å². The lowest BCUT2D eigenvalue weighted by molar-refractivity contribution is -0.154. The van der Waals surface area contributed by atoms with Crippen molar-refractivity contribution in [3.05, 3.63) is 0 Å². The van der Waals surface area contributed by atoms with Gasteiger partial charge in [-0.3, -0.25) is 13.8 Å². The first-order chi connectivity index (χ1) is 8.34. The van der Waals surface area contributed by atoms with Gasteiger partial charge in [0.05, 0.1) is 5.92 Å². The second kappa shape index (κ2) is 6.31. The molecule has 0 aromatic heterocycles. The Morgan fingerprint density at radius 3 is 2.61 bits per heavy atom. The molecule has 0 bridgehead atoms. The Morgan fingerprint density at radius 1 is 1.50 bits per heavy atom. The lowest BCUT2D eigenvalue weighted by atomic mass is 9.81. The molecule has 4 unspecified atom stereocenters. The third-order valence-electron chi connectivity index (χ3n) is 3.56. The minimum Gasteiger partial charge on any atom is -0.481 e. The molecule has 1 saturated heterocycles. The first kappa shape index (κ1) is 15.1. The summed E-state index contributed by atoms with van der Waals surface area (Å²) >= 11 is 0. The number of rotatable bonds is 5. The highest BCUT2D eigenvalue weighted by Crippen LogP contribution is 2.30. The fraction of sp³-hybridized carbons (Fsp3) is 0.833. The second-order valence-corrected chi connectivity index (χ2v) is 6.56. The highest BCUT2D eigenvalue weighted by Gasteiger charge is 2.41. The highest BCUT2D eigenvalue weighted by atomic mass is 32.2. The molecular weight excluding hydrogens is 254 g/mol. The third kappa shape index (κ3) is 3.54. The Bertz CT molecular complexity index is 358. The molecule has 1 amide bonds. The van der Waals surface area contributed by atoms with E-state index in [9.17, 15) is 18.9 Å². The van der Waals surface area contributed by atoms with Gasteiger partial charge in [-0.1, -0.05) is 6.92 Å². The van der Waals surface area contributed by atoms with Gasteiger partial charge in [-0.15, -0.1) is 0 Å². The number of hydrogen-bond donors (Lipinski definition) is 1. The molecule has 5 nitrogen and oxygen atoms in total. The summed E-state index contributed by atoms with van der Waals surface area (Å²) < 4.78 is 11.0. The van der Waals surface area contributed by atoms with Gasteiger partial charge >= 0.3 is 5.97 Å². The normalized spacial score (nSPS) is 30.3. The zero-order valence-electron chi connectivity index (χ0n) is 11.1. The van der Waals surface area contributed by atoms with Gasteiger partial charge in [0.15, 0.2) is 0 Å². The van der Waals surface area contributed by atoms with Gasteiger partial charge in [-0.25, -0.2) is 0 Å². The zero-order valence-corrected chi connectivity index (χ0v) is 11.9. The number of hydrogen-bond acceptors (Lipinski definition) is 3. The minimum absolute atomic E-state index is 0.00869. The Kier molecular flexibility index (Phi) is 5.31. The van der Waals surface area contributed by atoms with Crippen molar-refractivity contribution in [2.75, 3.05) is 18.6 Å². The number of aliphatic carboxylic acids is 1. The molecule has 6 heteroatoms. The van der Waals surface area contributed by atoms with Gasteiger partial charge in [0, 0.05) is 41.8 Å². The van der Waals surface area contributed by atoms with E-state index in [2.05, 4.69) is 0 Å². The molecule has 0 aromatic rings. The van der Waals surface area contributed by atoms with Gasteiger partial charge in [0.2, 0.25) is 5.91 Å². The number of likely N-dealkylation sites (tertiary alicyclic amines) is 1. The van der Waals surface area contributed by atoms with Crippen molar-refractivity contribution in [2.45, 2.75) is 32.7 Å². The molecule has 1 heterocycles. The van der Waals surface area contributed by atoms with Gasteiger partial charge in [-0.2, -0.15) is 0 Å². The van der Waals surface area contributed by atoms with Crippen LogP contribution in [0.5, 0.6) is 0 Å². The van der Waals surface area contributed by atoms with Gasteiger partial charge in [0.25, 0.3) is 0 Å². The first-order valence-electron chi connectivity index (χ1n) is 6.17. The molecule has 1 aliphatic rings. The molecule has 1 aliphatic heterocycles. The maximum Gasteiger partial charge on any atom is 0.308 e. The number of piperidine rings is 1. The number of carboxylic acid groups (broad SMARTS) is 1. The maximum atomic E-state index is 11.9. The summed E-state index contributed by atoms with van der Waals surface area (Å²) in [5.74, 6) is -0.915. The van der Waals surface area contributed by atoms with E-state index in [0.29, 0.717) is 18.7 Å². The smallest absolute Gasteiger partial charge is 0.308 e. The molecule has 0 saturated carbocycles. The van der Waals surface area contributed by atoms with Crippen molar-refractivity contribution in [2.24, 2.45) is 11.8 Å². The number of carbonyl (C=O) groups is 2. The lowest BCUT2D eigenvalue weighted by Gasteiger charge is -2.40. The van der Waals surface area contributed by atoms with Crippen LogP contribution in [-0.2, 0) is 20.4 Å². The zero-order chi connectivity index (χ0) is 13.9. The van der Waals surface area contributed by atoms with E-state index in [1.807, 2.05) is 6.92 Å². The number of amides is 1. The van der Waals surface area contributed by atoms with E-state index in [0.717, 1.165) is 0 Å². The summed E-state index contributed by atoms with van der Waals surface area (Å²) in [7, 11) is -0.871. The highest BCUT2D eigenvalue weighted by molar-refractivity contribution is 7.84. The average Bonchev–Trinajstić information content (AvgIpc) is 2.21. The largest absolute Gasteiger partial charge is 0.481 e. The summed E-state index contributed by atoms with van der Waals surface area (Å²) in [5, 5.41) is 9.21. The molecular formula is C12H21NO4S. The molecule has 1 rings (SSSR count). The van der Waals surface area contributed by atoms with E-state index >= 15 is 0 Å². The fourth-order valence-corrected chi connectivity index (χ4v) is 3.17. The van der Waals surface area contributed by atoms with Crippen LogP contribution in [0.1, 0.15) is 26.7 Å². The number of carbonyl (C=O) groups excluding carboxylic acids is 1. The Hall–Kier alpha value is -0.910. The van der Waals surface area contributed by atoms with Crippen LogP contribution in [0.2, 0.25) is 0 Å². The van der Waals surface area contributed by atoms with Crippen molar-refractivity contribution in [1.29, 1.82) is 0 Å². The monoisotopic (exact) mass is 275 g/mol. The topological polar surface area (TPSA) is 74.7 Å². The van der Waals surface area contributed by atoms with Crippen molar-refractivity contribution in [1.82, 2.24) is 4.90 Å². The van der Waals surface area contributed by atoms with E-state index in [1.165, 1.54) is 0 Å². The van der Waals surface area contributed by atoms with Crippen LogP contribution in [0, 0.1) is 11.8 Å². The standard InChI is InChI=1S/C12H21NO4S/c1-8-7-10(14)13(5-4-6-18(3)17)9(2)11(8)12(15)16/h8-9,11H,4-7H2,1-3H3,(H,15,16). The summed E-state index contributed by atoms with van der Waals surface area (Å²) in [6, 6.07) is -0.288. The Balaban J connectivity index is 2.68. The van der Waals surface area contributed by atoms with Crippen molar-refractivity contribution < 1.29 is 18.9 Å². The SMILES string of the molecule is CC1CC(=O)N(CCCS(C)=O)C(C)C1C(=O)O. The molecule has 0 spiro atoms. The predicted octanol–water partition coefficient (Wildman–Crippen LogP) is 0.713. The Labute approximate surface area is 110 Å². The maximum absolute atomic E-state index is 11.9. The van der Waals surface area contributed by atoms with Gasteiger partial charge < -0.3 is 10.0 Å². The average molecular weight is 275 g/mol. The lowest BCUT2D eigenvalue weighted by Crippen LogP contribution is -2.53. The predicted molar refractivity (Wildman–Crippen MR) is 69.6 cm³/mol. The first-order valence-corrected chi connectivity index (χ1v) is 7.89. The van der Waals surface area contributed by atoms with Crippen LogP contribution < -0.4 is 0 Å². The molecule has 18 heavy (non-hydrogen) atoms. The van der Waals surface area contributed by atoms with Crippen LogP contribution in [-0.4, -0.2) is 50.7 Å². The quantitative estimate of drug-likeness (QED) is 0.802. The van der Waals surface area contributed by atoms with Gasteiger partial charge in [0.1, 0.15) is 0 Å². The Morgan fingerprint density at radius 2 is 2.11 bits per heavy atom. The second-order valence-electron chi connectivity index (χ2n) is 5.00. The van der Waals surface area contributed by atoms with Crippen LogP contribution >= 0.6 is 0 Å². The van der Waals surface area contributed by atoms with Crippen LogP contribution in [0.3, 0.4) is 0 Å². The van der Waals surface area contributed by atoms with E-state index in [1.54, 1.807) is 18.1 Å². The molecule has 0 aromatic carbocycles. The fourth-order valence-electron chi connectivity index (χ4n) is 2.63. The summed E-state index contributed by atoms with van der Waals surface area (Å²) in [6.45, 7) is 4.09. The minimum atomic E-state index is -0.871. The molecule has 1 N–H and O–H groups in total. The summed E-state index contributed by atoms with van der Waals surface area (Å²) in [6.07, 6.45) is 2.57. The third-order valence-corrected chi connectivity index (χ3v) is 4.42. The summed E-state index contributed by atoms with van der Waals surface area (Å²) in [5.41, 5.74) is 0. The van der Waals surface area contributed by atoms with E-state index in [4.69, 9.17) is 0 Å². The van der Waals surface area contributed by atoms with Crippen LogP contribution in [0.25, 0.3) is 0 Å².